The number of hydrogen-bond acceptors (Lipinski definition) is 4. The molecule has 1 fully saturated rings. The molecule has 1 aliphatic carbocycles. The molecule has 26 heavy (non-hydrogen) atoms. The van der Waals surface area contributed by atoms with Crippen LogP contribution in [0, 0.1) is 0 Å². The van der Waals surface area contributed by atoms with E-state index in [1.54, 1.807) is 6.33 Å². The van der Waals surface area contributed by atoms with E-state index in [-0.39, 0.29) is 0 Å². The van der Waals surface area contributed by atoms with Gasteiger partial charge in [0.25, 0.3) is 0 Å². The first kappa shape index (κ1) is 16.5. The van der Waals surface area contributed by atoms with E-state index >= 15 is 0 Å². The molecule has 3 heterocycles. The maximum absolute atomic E-state index is 6.33. The Kier molecular flexibility index (Phi) is 4.10. The van der Waals surface area contributed by atoms with E-state index in [1.807, 2.05) is 15.3 Å². The van der Waals surface area contributed by atoms with Crippen LogP contribution in [0.3, 0.4) is 0 Å². The van der Waals surface area contributed by atoms with Crippen LogP contribution < -0.4 is 5.32 Å². The van der Waals surface area contributed by atoms with Gasteiger partial charge in [0.05, 0.1) is 24.5 Å². The number of rotatable bonds is 3. The van der Waals surface area contributed by atoms with Crippen molar-refractivity contribution in [2.45, 2.75) is 44.8 Å². The van der Waals surface area contributed by atoms with Crippen molar-refractivity contribution in [2.75, 3.05) is 0 Å². The van der Waals surface area contributed by atoms with Crippen LogP contribution in [0.5, 0.6) is 0 Å². The summed E-state index contributed by atoms with van der Waals surface area (Å²) >= 11 is 9.91. The normalized spacial score (nSPS) is 16.2. The van der Waals surface area contributed by atoms with Crippen molar-refractivity contribution in [1.82, 2.24) is 29.6 Å². The maximum atomic E-state index is 6.33. The molecule has 1 aliphatic heterocycles. The van der Waals surface area contributed by atoms with Crippen molar-refractivity contribution < 1.29 is 0 Å². The Labute approximate surface area is 164 Å². The lowest BCUT2D eigenvalue weighted by atomic mass is 10.1. The van der Waals surface area contributed by atoms with Gasteiger partial charge in [-0.3, -0.25) is 4.57 Å². The van der Waals surface area contributed by atoms with Gasteiger partial charge in [-0.05, 0) is 31.0 Å². The molecule has 0 atom stereocenters. The third kappa shape index (κ3) is 2.78. The van der Waals surface area contributed by atoms with Crippen LogP contribution in [0.25, 0.3) is 17.1 Å². The van der Waals surface area contributed by atoms with Crippen molar-refractivity contribution in [1.29, 1.82) is 0 Å². The van der Waals surface area contributed by atoms with Crippen LogP contribution in [0.15, 0.2) is 29.0 Å². The van der Waals surface area contributed by atoms with Crippen LogP contribution in [0.2, 0.25) is 5.15 Å². The molecule has 5 rings (SSSR count). The summed E-state index contributed by atoms with van der Waals surface area (Å²) in [6, 6.07) is 6.75. The molecule has 2 aliphatic rings. The highest BCUT2D eigenvalue weighted by atomic mass is 79.9. The van der Waals surface area contributed by atoms with Gasteiger partial charge in [0, 0.05) is 16.1 Å². The third-order valence-electron chi connectivity index (χ3n) is 5.19. The molecule has 0 bridgehead atoms. The van der Waals surface area contributed by atoms with Gasteiger partial charge in [-0.2, -0.15) is 5.10 Å². The number of hydrogen-bond donors (Lipinski definition) is 1. The molecule has 0 amide bonds. The Morgan fingerprint density at radius 3 is 2.96 bits per heavy atom. The fraction of sp³-hybridized carbons (Fsp3) is 0.389. The van der Waals surface area contributed by atoms with Gasteiger partial charge in [-0.1, -0.05) is 40.4 Å². The summed E-state index contributed by atoms with van der Waals surface area (Å²) in [4.78, 5) is 9.11. The predicted molar refractivity (Wildman–Crippen MR) is 103 cm³/mol. The third-order valence-corrected chi connectivity index (χ3v) is 6.00. The molecule has 134 valence electrons. The molecule has 2 aromatic heterocycles. The lowest BCUT2D eigenvalue weighted by molar-refractivity contribution is 0.510. The molecule has 0 saturated heterocycles. The maximum Gasteiger partial charge on any atom is 0.165 e. The van der Waals surface area contributed by atoms with Crippen LogP contribution in [0.4, 0.5) is 0 Å². The van der Waals surface area contributed by atoms with Crippen LogP contribution in [-0.4, -0.2) is 30.4 Å². The van der Waals surface area contributed by atoms with Gasteiger partial charge < -0.3 is 5.32 Å². The summed E-state index contributed by atoms with van der Waals surface area (Å²) in [6.45, 7) is 1.25. The van der Waals surface area contributed by atoms with E-state index in [9.17, 15) is 0 Å². The van der Waals surface area contributed by atoms with Crippen LogP contribution >= 0.6 is 27.5 Å². The quantitative estimate of drug-likeness (QED) is 0.531. The lowest BCUT2D eigenvalue weighted by Gasteiger charge is -2.10. The summed E-state index contributed by atoms with van der Waals surface area (Å²) in [6.07, 6.45) is 6.89. The second kappa shape index (κ2) is 6.48. The zero-order chi connectivity index (χ0) is 17.7. The Morgan fingerprint density at radius 2 is 2.12 bits per heavy atom. The minimum atomic E-state index is 0.507. The molecule has 8 heteroatoms. The number of aromatic nitrogens is 5. The fourth-order valence-corrected chi connectivity index (χ4v) is 4.43. The highest BCUT2D eigenvalue weighted by Gasteiger charge is 2.25. The molecule has 0 radical (unpaired) electrons. The van der Waals surface area contributed by atoms with Gasteiger partial charge in [-0.15, -0.1) is 0 Å². The first-order valence-corrected chi connectivity index (χ1v) is 10.1. The molecule has 3 aromatic rings. The zero-order valence-electron chi connectivity index (χ0n) is 14.1. The van der Waals surface area contributed by atoms with E-state index in [1.165, 1.54) is 25.7 Å². The van der Waals surface area contributed by atoms with Gasteiger partial charge in [0.15, 0.2) is 16.8 Å². The molecular weight excluding hydrogens is 416 g/mol. The van der Waals surface area contributed by atoms with Gasteiger partial charge >= 0.3 is 0 Å². The van der Waals surface area contributed by atoms with Crippen molar-refractivity contribution in [3.8, 4) is 17.1 Å². The minimum absolute atomic E-state index is 0.507. The van der Waals surface area contributed by atoms with E-state index in [0.29, 0.717) is 24.3 Å². The first-order chi connectivity index (χ1) is 12.7. The van der Waals surface area contributed by atoms with Crippen molar-refractivity contribution in [3.05, 3.63) is 45.7 Å². The highest BCUT2D eigenvalue weighted by molar-refractivity contribution is 9.10. The molecule has 0 unspecified atom stereocenters. The number of halogens is 2. The Balaban J connectivity index is 1.56. The van der Waals surface area contributed by atoms with E-state index in [0.717, 1.165) is 33.1 Å². The van der Waals surface area contributed by atoms with Crippen molar-refractivity contribution >= 4 is 27.5 Å². The van der Waals surface area contributed by atoms with Gasteiger partial charge in [0.1, 0.15) is 6.33 Å². The minimum Gasteiger partial charge on any atom is -0.307 e. The van der Waals surface area contributed by atoms with Crippen molar-refractivity contribution in [2.24, 2.45) is 0 Å². The Morgan fingerprint density at radius 1 is 1.27 bits per heavy atom. The lowest BCUT2D eigenvalue weighted by Crippen LogP contribution is -2.25. The summed E-state index contributed by atoms with van der Waals surface area (Å²) < 4.78 is 4.96. The summed E-state index contributed by atoms with van der Waals surface area (Å²) in [5.41, 5.74) is 2.96. The number of nitrogens with zero attached hydrogens (tertiary/aromatic N) is 5. The number of fused-ring (bicyclic) bond motifs is 5. The Bertz CT molecular complexity index is 972. The number of nitrogens with one attached hydrogen (secondary N) is 1. The summed E-state index contributed by atoms with van der Waals surface area (Å²) in [5.74, 6) is 1.69. The number of benzene rings is 1. The highest BCUT2D eigenvalue weighted by Crippen LogP contribution is 2.34. The van der Waals surface area contributed by atoms with Gasteiger partial charge in [0.2, 0.25) is 0 Å². The second-order valence-electron chi connectivity index (χ2n) is 6.89. The standard InChI is InChI=1S/C18H18BrClN6/c19-11-5-6-14-13(7-11)18-23-16(8-21-12-3-1-2-4-12)24-26(18)9-15-17(20)22-10-25(14)15/h5-7,10,12,21H,1-4,8-9H2. The van der Waals surface area contributed by atoms with Gasteiger partial charge in [-0.25, -0.2) is 14.6 Å². The predicted octanol–water partition coefficient (Wildman–Crippen LogP) is 3.94. The van der Waals surface area contributed by atoms with Crippen molar-refractivity contribution in [3.63, 3.8) is 0 Å². The molecule has 1 N–H and O–H groups in total. The summed E-state index contributed by atoms with van der Waals surface area (Å²) in [7, 11) is 0. The molecule has 0 spiro atoms. The zero-order valence-corrected chi connectivity index (χ0v) is 16.5. The monoisotopic (exact) mass is 432 g/mol. The summed E-state index contributed by atoms with van der Waals surface area (Å²) in [5, 5.41) is 8.85. The average molecular weight is 434 g/mol. The smallest absolute Gasteiger partial charge is 0.165 e. The fourth-order valence-electron chi connectivity index (χ4n) is 3.88. The van der Waals surface area contributed by atoms with E-state index in [4.69, 9.17) is 21.7 Å². The molecule has 1 aromatic carbocycles. The topological polar surface area (TPSA) is 60.6 Å². The average Bonchev–Trinajstić information content (AvgIpc) is 3.34. The van der Waals surface area contributed by atoms with E-state index < -0.39 is 0 Å². The largest absolute Gasteiger partial charge is 0.307 e. The van der Waals surface area contributed by atoms with Crippen LogP contribution in [0.1, 0.15) is 37.2 Å². The van der Waals surface area contributed by atoms with Crippen LogP contribution in [-0.2, 0) is 13.1 Å². The second-order valence-corrected chi connectivity index (χ2v) is 8.16. The molecule has 1 saturated carbocycles. The number of imidazole rings is 1. The van der Waals surface area contributed by atoms with E-state index in [2.05, 4.69) is 38.4 Å². The molecular formula is C18H18BrClN6. The molecule has 6 nitrogen and oxygen atoms in total. The Hall–Kier alpha value is -1.70. The first-order valence-electron chi connectivity index (χ1n) is 8.88. The SMILES string of the molecule is Clc1ncn2c1Cn1nc(CNC3CCCC3)nc1-c1cc(Br)ccc1-2.